The number of ether oxygens (including phenoxy) is 1. The van der Waals surface area contributed by atoms with E-state index in [0.717, 1.165) is 16.8 Å². The molecule has 1 atom stereocenters. The Hall–Kier alpha value is -2.87. The lowest BCUT2D eigenvalue weighted by atomic mass is 10.1. The Balaban J connectivity index is 1.71. The molecule has 1 aromatic heterocycles. The summed E-state index contributed by atoms with van der Waals surface area (Å²) in [7, 11) is 1.57. The topological polar surface area (TPSA) is 75.7 Å². The Labute approximate surface area is 166 Å². The van der Waals surface area contributed by atoms with Crippen LogP contribution in [0.3, 0.4) is 0 Å². The van der Waals surface area contributed by atoms with Crippen molar-refractivity contribution in [3.63, 3.8) is 0 Å². The molecule has 2 aliphatic heterocycles. The van der Waals surface area contributed by atoms with Crippen molar-refractivity contribution in [3.8, 4) is 5.75 Å². The van der Waals surface area contributed by atoms with Crippen molar-refractivity contribution < 1.29 is 23.4 Å². The zero-order valence-electron chi connectivity index (χ0n) is 15.8. The Bertz CT molecular complexity index is 1000. The quantitative estimate of drug-likeness (QED) is 0.721. The van der Waals surface area contributed by atoms with Gasteiger partial charge in [0, 0.05) is 5.56 Å². The van der Waals surface area contributed by atoms with E-state index in [9.17, 15) is 9.59 Å². The number of fused-ring (bicyclic) bond motifs is 1. The highest BCUT2D eigenvalue weighted by molar-refractivity contribution is 8.04. The number of benzene rings is 1. The van der Waals surface area contributed by atoms with Crippen LogP contribution in [0.15, 0.2) is 40.3 Å². The highest BCUT2D eigenvalue weighted by Gasteiger charge is 2.49. The maximum Gasteiger partial charge on any atom is 0.501 e. The number of aromatic nitrogens is 1. The first-order valence-corrected chi connectivity index (χ1v) is 9.81. The second-order valence-corrected chi connectivity index (χ2v) is 7.67. The summed E-state index contributed by atoms with van der Waals surface area (Å²) in [5.74, 6) is 1.11. The number of amides is 3. The van der Waals surface area contributed by atoms with Gasteiger partial charge in [-0.05, 0) is 31.4 Å². The maximum atomic E-state index is 13.3. The number of nitrogens with zero attached hydrogens (tertiary/aromatic N) is 3. The smallest absolute Gasteiger partial charge is 0.496 e. The Morgan fingerprint density at radius 1 is 1.29 bits per heavy atom. The summed E-state index contributed by atoms with van der Waals surface area (Å²) in [6.07, 6.45) is 1.84. The number of rotatable bonds is 5. The van der Waals surface area contributed by atoms with Gasteiger partial charge in [0.25, 0.3) is 0 Å². The third-order valence-corrected chi connectivity index (χ3v) is 6.01. The van der Waals surface area contributed by atoms with E-state index in [0.29, 0.717) is 23.8 Å². The number of hydrogen-bond acceptors (Lipinski definition) is 6. The monoisotopic (exact) mass is 398 g/mol. The molecule has 144 valence electrons. The average Bonchev–Trinajstić information content (AvgIpc) is 3.30. The lowest BCUT2D eigenvalue weighted by Gasteiger charge is -2.24. The summed E-state index contributed by atoms with van der Waals surface area (Å²) in [5, 5.41) is 5.41. The van der Waals surface area contributed by atoms with Gasteiger partial charge in [0.15, 0.2) is 5.25 Å². The van der Waals surface area contributed by atoms with Gasteiger partial charge in [0.05, 0.1) is 18.4 Å². The van der Waals surface area contributed by atoms with Gasteiger partial charge in [-0.1, -0.05) is 23.4 Å². The van der Waals surface area contributed by atoms with Crippen molar-refractivity contribution in [2.24, 2.45) is 0 Å². The SMILES string of the molecule is COc1ccccc1CN1C(=O)C2SC=CC2=[N+](Cc2c(C)noc2C)C1=O. The number of thioether (sulfide) groups is 1. The van der Waals surface area contributed by atoms with Crippen LogP contribution in [-0.2, 0) is 17.9 Å². The molecule has 0 N–H and O–H groups in total. The number of carbonyl (C=O) groups is 2. The van der Waals surface area contributed by atoms with Gasteiger partial charge in [-0.3, -0.25) is 0 Å². The van der Waals surface area contributed by atoms with Crippen LogP contribution in [0.1, 0.15) is 22.6 Å². The second kappa shape index (κ2) is 7.27. The highest BCUT2D eigenvalue weighted by Crippen LogP contribution is 2.31. The van der Waals surface area contributed by atoms with Gasteiger partial charge in [-0.25, -0.2) is 4.79 Å². The molecule has 0 saturated carbocycles. The number of para-hydroxylation sites is 1. The summed E-state index contributed by atoms with van der Waals surface area (Å²) >= 11 is 1.41. The molecule has 0 fully saturated rings. The number of imide groups is 1. The molecule has 2 aliphatic rings. The van der Waals surface area contributed by atoms with E-state index in [-0.39, 0.29) is 18.5 Å². The van der Waals surface area contributed by atoms with Gasteiger partial charge in [0.2, 0.25) is 0 Å². The van der Waals surface area contributed by atoms with Crippen LogP contribution >= 0.6 is 11.8 Å². The summed E-state index contributed by atoms with van der Waals surface area (Å²) in [6.45, 7) is 4.14. The lowest BCUT2D eigenvalue weighted by Crippen LogP contribution is -2.54. The second-order valence-electron chi connectivity index (χ2n) is 6.65. The van der Waals surface area contributed by atoms with E-state index in [1.165, 1.54) is 16.7 Å². The fraction of sp³-hybridized carbons (Fsp3) is 0.300. The molecule has 1 aromatic carbocycles. The summed E-state index contributed by atoms with van der Waals surface area (Å²) in [5.41, 5.74) is 3.08. The van der Waals surface area contributed by atoms with Crippen LogP contribution in [0.4, 0.5) is 4.79 Å². The van der Waals surface area contributed by atoms with Crippen molar-refractivity contribution in [1.29, 1.82) is 0 Å². The number of urea groups is 1. The first-order valence-electron chi connectivity index (χ1n) is 8.86. The first-order chi connectivity index (χ1) is 13.5. The van der Waals surface area contributed by atoms with Gasteiger partial charge in [-0.2, -0.15) is 14.3 Å². The van der Waals surface area contributed by atoms with Crippen molar-refractivity contribution >= 4 is 29.4 Å². The molecule has 0 saturated heterocycles. The largest absolute Gasteiger partial charge is 0.501 e. The van der Waals surface area contributed by atoms with Crippen molar-refractivity contribution in [1.82, 2.24) is 10.1 Å². The van der Waals surface area contributed by atoms with Crippen LogP contribution in [0.5, 0.6) is 5.75 Å². The molecular weight excluding hydrogens is 378 g/mol. The van der Waals surface area contributed by atoms with E-state index < -0.39 is 5.25 Å². The first kappa shape index (κ1) is 18.5. The normalized spacial score (nSPS) is 18.8. The molecule has 2 aromatic rings. The molecule has 7 nitrogen and oxygen atoms in total. The molecule has 28 heavy (non-hydrogen) atoms. The number of allylic oxidation sites excluding steroid dienone is 1. The number of aryl methyl sites for hydroxylation is 2. The van der Waals surface area contributed by atoms with Gasteiger partial charge >= 0.3 is 11.9 Å². The predicted octanol–water partition coefficient (Wildman–Crippen LogP) is 3.05. The third-order valence-electron chi connectivity index (χ3n) is 5.00. The zero-order valence-corrected chi connectivity index (χ0v) is 16.7. The molecule has 0 radical (unpaired) electrons. The Kier molecular flexibility index (Phi) is 4.80. The van der Waals surface area contributed by atoms with Gasteiger partial charge in [0.1, 0.15) is 30.3 Å². The van der Waals surface area contributed by atoms with Crippen LogP contribution < -0.4 is 4.74 Å². The number of hydrogen-bond donors (Lipinski definition) is 0. The molecule has 1 unspecified atom stereocenters. The third kappa shape index (κ3) is 3.03. The van der Waals surface area contributed by atoms with E-state index >= 15 is 0 Å². The minimum Gasteiger partial charge on any atom is -0.496 e. The predicted molar refractivity (Wildman–Crippen MR) is 104 cm³/mol. The van der Waals surface area contributed by atoms with Crippen molar-refractivity contribution in [2.75, 3.05) is 7.11 Å². The molecule has 3 heterocycles. The number of methoxy groups -OCH3 is 1. The van der Waals surface area contributed by atoms with Gasteiger partial charge < -0.3 is 9.26 Å². The van der Waals surface area contributed by atoms with E-state index in [1.807, 2.05) is 49.6 Å². The molecule has 0 aliphatic carbocycles. The van der Waals surface area contributed by atoms with Crippen LogP contribution in [0.25, 0.3) is 0 Å². The van der Waals surface area contributed by atoms with Crippen molar-refractivity contribution in [3.05, 3.63) is 58.3 Å². The average molecular weight is 398 g/mol. The highest BCUT2D eigenvalue weighted by atomic mass is 32.2. The standard InChI is InChI=1S/C20H20N3O4S/c1-12-15(13(2)27-21-12)11-22-16-8-9-28-18(16)19(24)23(20(22)25)10-14-6-4-5-7-17(14)26-3/h4-9,18H,10-11H2,1-3H3/q+1. The summed E-state index contributed by atoms with van der Waals surface area (Å²) in [6, 6.07) is 7.04. The lowest BCUT2D eigenvalue weighted by molar-refractivity contribution is -0.455. The molecule has 0 spiro atoms. The molecular formula is C20H20N3O4S+. The van der Waals surface area contributed by atoms with Gasteiger partial charge in [-0.15, -0.1) is 11.8 Å². The van der Waals surface area contributed by atoms with Crippen LogP contribution in [0, 0.1) is 13.8 Å². The van der Waals surface area contributed by atoms with E-state index in [4.69, 9.17) is 9.26 Å². The molecule has 3 amide bonds. The van der Waals surface area contributed by atoms with Crippen LogP contribution in [0.2, 0.25) is 0 Å². The minimum absolute atomic E-state index is 0.157. The maximum absolute atomic E-state index is 13.3. The van der Waals surface area contributed by atoms with E-state index in [1.54, 1.807) is 11.7 Å². The summed E-state index contributed by atoms with van der Waals surface area (Å²) < 4.78 is 12.3. The molecule has 8 heteroatoms. The Morgan fingerprint density at radius 3 is 2.79 bits per heavy atom. The summed E-state index contributed by atoms with van der Waals surface area (Å²) in [4.78, 5) is 27.6. The van der Waals surface area contributed by atoms with Crippen molar-refractivity contribution in [2.45, 2.75) is 32.2 Å². The fourth-order valence-corrected chi connectivity index (χ4v) is 4.41. The molecule has 4 rings (SSSR count). The molecule has 0 bridgehead atoms. The zero-order chi connectivity index (χ0) is 19.8. The fourth-order valence-electron chi connectivity index (χ4n) is 3.45. The van der Waals surface area contributed by atoms with Crippen LogP contribution in [-0.4, -0.2) is 44.6 Å². The number of carbonyl (C=O) groups excluding carboxylic acids is 2. The minimum atomic E-state index is -0.423. The van der Waals surface area contributed by atoms with E-state index in [2.05, 4.69) is 5.16 Å². The Morgan fingerprint density at radius 2 is 2.07 bits per heavy atom.